The normalized spacial score (nSPS) is 23.3. The van der Waals surface area contributed by atoms with Crippen molar-refractivity contribution in [3.8, 4) is 0 Å². The molecule has 1 aliphatic rings. The van der Waals surface area contributed by atoms with Crippen molar-refractivity contribution in [2.24, 2.45) is 18.9 Å². The van der Waals surface area contributed by atoms with E-state index < -0.39 is 9.84 Å². The van der Waals surface area contributed by atoms with Gasteiger partial charge in [-0.15, -0.1) is 0 Å². The molecule has 1 fully saturated rings. The molecule has 1 saturated heterocycles. The number of nitrogens with one attached hydrogen (secondary N) is 1. The van der Waals surface area contributed by atoms with Crippen LogP contribution in [0.2, 0.25) is 0 Å². The van der Waals surface area contributed by atoms with Crippen molar-refractivity contribution in [1.29, 1.82) is 0 Å². The number of aromatic nitrogens is 2. The maximum absolute atomic E-state index is 11.8. The molecule has 21 heavy (non-hydrogen) atoms. The van der Waals surface area contributed by atoms with Gasteiger partial charge in [0.05, 0.1) is 17.7 Å². The van der Waals surface area contributed by atoms with Gasteiger partial charge in [-0.3, -0.25) is 4.68 Å². The Hall–Kier alpha value is -0.880. The first kappa shape index (κ1) is 16.5. The second-order valence-corrected chi connectivity index (χ2v) is 9.51. The van der Waals surface area contributed by atoms with Crippen LogP contribution in [0.4, 0.5) is 0 Å². The summed E-state index contributed by atoms with van der Waals surface area (Å²) < 4.78 is 25.3. The lowest BCUT2D eigenvalue weighted by Gasteiger charge is -2.28. The number of sulfone groups is 1. The van der Waals surface area contributed by atoms with Crippen molar-refractivity contribution in [3.63, 3.8) is 0 Å². The van der Waals surface area contributed by atoms with Crippen molar-refractivity contribution in [3.05, 3.63) is 18.0 Å². The highest BCUT2D eigenvalue weighted by molar-refractivity contribution is 7.91. The van der Waals surface area contributed by atoms with Crippen LogP contribution in [0, 0.1) is 11.8 Å². The van der Waals surface area contributed by atoms with Gasteiger partial charge in [0.15, 0.2) is 9.84 Å². The highest BCUT2D eigenvalue weighted by Gasteiger charge is 2.34. The fourth-order valence-electron chi connectivity index (χ4n) is 2.92. The second-order valence-electron chi connectivity index (χ2n) is 7.28. The van der Waals surface area contributed by atoms with Crippen LogP contribution in [0.3, 0.4) is 0 Å². The van der Waals surface area contributed by atoms with Gasteiger partial charge >= 0.3 is 0 Å². The molecule has 1 aliphatic heterocycles. The molecule has 0 bridgehead atoms. The maximum atomic E-state index is 11.8. The van der Waals surface area contributed by atoms with Crippen molar-refractivity contribution in [2.75, 3.05) is 18.1 Å². The molecule has 5 nitrogen and oxygen atoms in total. The highest BCUT2D eigenvalue weighted by atomic mass is 32.2. The fraction of sp³-hybridized carbons (Fsp3) is 0.800. The number of nitrogens with zero attached hydrogens (tertiary/aromatic N) is 2. The minimum Gasteiger partial charge on any atom is -0.312 e. The van der Waals surface area contributed by atoms with E-state index >= 15 is 0 Å². The summed E-state index contributed by atoms with van der Waals surface area (Å²) >= 11 is 0. The first-order valence-electron chi connectivity index (χ1n) is 7.58. The summed E-state index contributed by atoms with van der Waals surface area (Å²) in [6, 6.07) is 0. The van der Waals surface area contributed by atoms with Gasteiger partial charge in [0.1, 0.15) is 0 Å². The largest absolute Gasteiger partial charge is 0.312 e. The predicted molar refractivity (Wildman–Crippen MR) is 84.9 cm³/mol. The Bertz CT molecular complexity index is 572. The molecule has 6 heteroatoms. The molecule has 2 atom stereocenters. The summed E-state index contributed by atoms with van der Waals surface area (Å²) in [5.41, 5.74) is 1.23. The van der Waals surface area contributed by atoms with Crippen LogP contribution in [0.1, 0.15) is 32.8 Å². The van der Waals surface area contributed by atoms with E-state index in [-0.39, 0.29) is 11.5 Å². The number of aryl methyl sites for hydroxylation is 1. The van der Waals surface area contributed by atoms with E-state index in [0.29, 0.717) is 17.4 Å². The van der Waals surface area contributed by atoms with Gasteiger partial charge in [-0.1, -0.05) is 0 Å². The summed E-state index contributed by atoms with van der Waals surface area (Å²) in [4.78, 5) is 0. The molecule has 0 aromatic carbocycles. The quantitative estimate of drug-likeness (QED) is 0.892. The number of rotatable bonds is 5. The maximum Gasteiger partial charge on any atom is 0.150 e. The average molecular weight is 313 g/mol. The van der Waals surface area contributed by atoms with Crippen molar-refractivity contribution in [1.82, 2.24) is 15.1 Å². The molecule has 2 heterocycles. The third kappa shape index (κ3) is 5.11. The zero-order valence-corrected chi connectivity index (χ0v) is 14.3. The summed E-state index contributed by atoms with van der Waals surface area (Å²) in [7, 11) is -0.921. The molecule has 1 aromatic heterocycles. The first-order chi connectivity index (χ1) is 9.65. The Balaban J connectivity index is 2.06. The van der Waals surface area contributed by atoms with Crippen LogP contribution in [0.15, 0.2) is 12.4 Å². The van der Waals surface area contributed by atoms with Crippen molar-refractivity contribution >= 4 is 9.84 Å². The monoisotopic (exact) mass is 313 g/mol. The van der Waals surface area contributed by atoms with E-state index in [9.17, 15) is 8.42 Å². The molecule has 0 amide bonds. The molecule has 0 spiro atoms. The molecule has 1 N–H and O–H groups in total. The zero-order valence-electron chi connectivity index (χ0n) is 13.5. The summed E-state index contributed by atoms with van der Waals surface area (Å²) in [5.74, 6) is 1.27. The zero-order chi connectivity index (χ0) is 15.7. The van der Waals surface area contributed by atoms with Crippen LogP contribution in [0.25, 0.3) is 0 Å². The summed E-state index contributed by atoms with van der Waals surface area (Å²) in [5, 5.41) is 7.74. The van der Waals surface area contributed by atoms with Gasteiger partial charge in [0.2, 0.25) is 0 Å². The molecule has 0 radical (unpaired) electrons. The molecular weight excluding hydrogens is 286 g/mol. The molecule has 0 aliphatic carbocycles. The smallest absolute Gasteiger partial charge is 0.150 e. The SMILES string of the molecule is Cn1cc(CC(CNC(C)(C)C)C2CCS(=O)(=O)C2)cn1. The van der Waals surface area contributed by atoms with E-state index in [1.807, 2.05) is 19.4 Å². The lowest BCUT2D eigenvalue weighted by atomic mass is 9.86. The van der Waals surface area contributed by atoms with Gasteiger partial charge < -0.3 is 5.32 Å². The van der Waals surface area contributed by atoms with Crippen LogP contribution in [-0.2, 0) is 23.3 Å². The molecule has 0 saturated carbocycles. The Morgan fingerprint density at radius 2 is 2.19 bits per heavy atom. The number of hydrogen-bond acceptors (Lipinski definition) is 4. The molecular formula is C15H27N3O2S. The Kier molecular flexibility index (Phi) is 4.78. The van der Waals surface area contributed by atoms with Crippen molar-refractivity contribution < 1.29 is 8.42 Å². The third-order valence-corrected chi connectivity index (χ3v) is 5.88. The standard InChI is InChI=1S/C15H27N3O2S/c1-15(2,3)16-9-14(7-12-8-17-18(4)10-12)13-5-6-21(19,20)11-13/h8,10,13-14,16H,5-7,9,11H2,1-4H3. The van der Waals surface area contributed by atoms with Gasteiger partial charge in [0.25, 0.3) is 0 Å². The molecule has 2 unspecified atom stereocenters. The van der Waals surface area contributed by atoms with E-state index in [4.69, 9.17) is 0 Å². The van der Waals surface area contributed by atoms with Gasteiger partial charge in [-0.05, 0) is 57.6 Å². The highest BCUT2D eigenvalue weighted by Crippen LogP contribution is 2.28. The van der Waals surface area contributed by atoms with Gasteiger partial charge in [-0.25, -0.2) is 8.42 Å². The second kappa shape index (κ2) is 6.08. The van der Waals surface area contributed by atoms with E-state index in [0.717, 1.165) is 19.4 Å². The van der Waals surface area contributed by atoms with Crippen LogP contribution >= 0.6 is 0 Å². The predicted octanol–water partition coefficient (Wildman–Crippen LogP) is 1.40. The minimum atomic E-state index is -2.83. The van der Waals surface area contributed by atoms with Crippen molar-refractivity contribution in [2.45, 2.75) is 39.2 Å². The summed E-state index contributed by atoms with van der Waals surface area (Å²) in [6.07, 6.45) is 5.58. The Morgan fingerprint density at radius 1 is 1.48 bits per heavy atom. The van der Waals surface area contributed by atoms with Crippen LogP contribution in [-0.4, -0.2) is 41.8 Å². The fourth-order valence-corrected chi connectivity index (χ4v) is 4.84. The molecule has 2 rings (SSSR count). The third-order valence-electron chi connectivity index (χ3n) is 4.09. The lowest BCUT2D eigenvalue weighted by Crippen LogP contribution is -2.41. The Morgan fingerprint density at radius 3 is 2.67 bits per heavy atom. The minimum absolute atomic E-state index is 0.0463. The molecule has 1 aromatic rings. The summed E-state index contributed by atoms with van der Waals surface area (Å²) in [6.45, 7) is 7.26. The van der Waals surface area contributed by atoms with E-state index in [1.165, 1.54) is 5.56 Å². The van der Waals surface area contributed by atoms with Gasteiger partial charge in [0, 0.05) is 18.8 Å². The molecule has 120 valence electrons. The van der Waals surface area contributed by atoms with E-state index in [2.05, 4.69) is 31.2 Å². The van der Waals surface area contributed by atoms with Crippen LogP contribution in [0.5, 0.6) is 0 Å². The lowest BCUT2D eigenvalue weighted by molar-refractivity contribution is 0.302. The number of hydrogen-bond donors (Lipinski definition) is 1. The Labute approximate surface area is 128 Å². The first-order valence-corrected chi connectivity index (χ1v) is 9.40. The average Bonchev–Trinajstić information content (AvgIpc) is 2.89. The topological polar surface area (TPSA) is 64.0 Å². The van der Waals surface area contributed by atoms with Gasteiger partial charge in [-0.2, -0.15) is 5.10 Å². The van der Waals surface area contributed by atoms with E-state index in [1.54, 1.807) is 4.68 Å². The van der Waals surface area contributed by atoms with Crippen LogP contribution < -0.4 is 5.32 Å².